The molecule has 1 aliphatic rings. The van der Waals surface area contributed by atoms with Crippen LogP contribution in [0.1, 0.15) is 42.8 Å². The van der Waals surface area contributed by atoms with Crippen LogP contribution in [0.2, 0.25) is 0 Å². The number of carbonyl (C=O) groups excluding carboxylic acids is 1. The van der Waals surface area contributed by atoms with E-state index in [0.29, 0.717) is 38.5 Å². The summed E-state index contributed by atoms with van der Waals surface area (Å²) in [6.45, 7) is 8.82. The van der Waals surface area contributed by atoms with E-state index in [0.717, 1.165) is 11.4 Å². The molecule has 1 aliphatic heterocycles. The largest absolute Gasteiger partial charge is 0.337 e. The molecule has 18 heavy (non-hydrogen) atoms. The van der Waals surface area contributed by atoms with E-state index < -0.39 is 0 Å². The van der Waals surface area contributed by atoms with Crippen LogP contribution in [0.25, 0.3) is 0 Å². The van der Waals surface area contributed by atoms with Crippen molar-refractivity contribution in [3.63, 3.8) is 0 Å². The fraction of sp³-hybridized carbons (Fsp3) is 0.667. The van der Waals surface area contributed by atoms with E-state index in [1.165, 1.54) is 5.06 Å². The van der Waals surface area contributed by atoms with Crippen LogP contribution >= 0.6 is 0 Å². The van der Waals surface area contributed by atoms with Crippen molar-refractivity contribution in [2.24, 2.45) is 0 Å². The second kappa shape index (κ2) is 5.07. The van der Waals surface area contributed by atoms with Crippen LogP contribution in [0.15, 0.2) is 0 Å². The minimum absolute atomic E-state index is 0.0271. The number of rotatable bonds is 4. The average molecular weight is 252 g/mol. The number of aromatic nitrogens is 2. The van der Waals surface area contributed by atoms with E-state index in [-0.39, 0.29) is 5.91 Å². The van der Waals surface area contributed by atoms with Crippen LogP contribution in [0.3, 0.4) is 0 Å². The number of hydrogen-bond donors (Lipinski definition) is 1. The number of carbonyl (C=O) groups is 1. The Hall–Kier alpha value is -1.40. The number of amides is 1. The Kier molecular flexibility index (Phi) is 3.68. The zero-order valence-electron chi connectivity index (χ0n) is 11.2. The van der Waals surface area contributed by atoms with E-state index in [9.17, 15) is 10.0 Å². The van der Waals surface area contributed by atoms with Crippen LogP contribution < -0.4 is 0 Å². The lowest BCUT2D eigenvalue weighted by Crippen LogP contribution is -2.33. The molecule has 2 heterocycles. The average Bonchev–Trinajstić information content (AvgIpc) is 2.85. The van der Waals surface area contributed by atoms with E-state index >= 15 is 0 Å². The molecular formula is C12H20N4O2. The van der Waals surface area contributed by atoms with Gasteiger partial charge in [0.15, 0.2) is 5.82 Å². The van der Waals surface area contributed by atoms with Gasteiger partial charge in [0, 0.05) is 19.6 Å². The fourth-order valence-electron chi connectivity index (χ4n) is 2.40. The monoisotopic (exact) mass is 252 g/mol. The van der Waals surface area contributed by atoms with Gasteiger partial charge in [0.05, 0.1) is 24.5 Å². The smallest absolute Gasteiger partial charge is 0.289 e. The molecule has 0 fully saturated rings. The topological polar surface area (TPSA) is 61.6 Å². The number of imidazole rings is 1. The minimum Gasteiger partial charge on any atom is -0.337 e. The molecule has 0 atom stereocenters. The van der Waals surface area contributed by atoms with Crippen molar-refractivity contribution in [2.75, 3.05) is 13.1 Å². The molecule has 0 aromatic carbocycles. The molecule has 0 spiro atoms. The number of nitrogens with zero attached hydrogens (tertiary/aromatic N) is 4. The van der Waals surface area contributed by atoms with Gasteiger partial charge in [0.1, 0.15) is 0 Å². The maximum Gasteiger partial charge on any atom is 0.289 e. The summed E-state index contributed by atoms with van der Waals surface area (Å²) < 4.78 is 1.91. The van der Waals surface area contributed by atoms with Gasteiger partial charge in [-0.3, -0.25) is 4.79 Å². The van der Waals surface area contributed by atoms with Gasteiger partial charge < -0.3 is 14.7 Å². The molecule has 0 saturated carbocycles. The predicted molar refractivity (Wildman–Crippen MR) is 66.2 cm³/mol. The zero-order chi connectivity index (χ0) is 13.3. The zero-order valence-corrected chi connectivity index (χ0v) is 11.2. The van der Waals surface area contributed by atoms with E-state index in [2.05, 4.69) is 4.98 Å². The quantitative estimate of drug-likeness (QED) is 0.871. The van der Waals surface area contributed by atoms with Gasteiger partial charge >= 0.3 is 0 Å². The summed E-state index contributed by atoms with van der Waals surface area (Å²) in [5.41, 5.74) is 1.77. The van der Waals surface area contributed by atoms with Crippen LogP contribution in [0.4, 0.5) is 0 Å². The van der Waals surface area contributed by atoms with Gasteiger partial charge in [-0.1, -0.05) is 0 Å². The first-order chi connectivity index (χ1) is 8.62. The Morgan fingerprint density at radius 2 is 2.00 bits per heavy atom. The molecule has 6 nitrogen and oxygen atoms in total. The summed E-state index contributed by atoms with van der Waals surface area (Å²) in [6.07, 6.45) is 0. The van der Waals surface area contributed by atoms with Crippen molar-refractivity contribution in [1.29, 1.82) is 0 Å². The van der Waals surface area contributed by atoms with Crippen molar-refractivity contribution in [3.8, 4) is 0 Å². The molecule has 1 amide bonds. The van der Waals surface area contributed by atoms with Gasteiger partial charge in [0.25, 0.3) is 5.91 Å². The normalized spacial score (nSPS) is 14.9. The third kappa shape index (κ3) is 2.02. The van der Waals surface area contributed by atoms with Crippen LogP contribution in [0, 0.1) is 0 Å². The molecule has 0 radical (unpaired) electrons. The number of fused-ring (bicyclic) bond motifs is 1. The Morgan fingerprint density at radius 3 is 2.56 bits per heavy atom. The lowest BCUT2D eigenvalue weighted by molar-refractivity contribution is -0.0986. The highest BCUT2D eigenvalue weighted by molar-refractivity contribution is 5.91. The first-order valence-corrected chi connectivity index (χ1v) is 6.43. The molecular weight excluding hydrogens is 232 g/mol. The Bertz CT molecular complexity index is 451. The van der Waals surface area contributed by atoms with Gasteiger partial charge in [0.2, 0.25) is 0 Å². The first kappa shape index (κ1) is 13.0. The summed E-state index contributed by atoms with van der Waals surface area (Å²) in [6, 6.07) is 0. The van der Waals surface area contributed by atoms with Gasteiger partial charge in [-0.25, -0.2) is 4.98 Å². The molecule has 2 rings (SSSR count). The minimum atomic E-state index is -0.0271. The Labute approximate surface area is 107 Å². The second-order valence-electron chi connectivity index (χ2n) is 4.37. The molecule has 0 bridgehead atoms. The number of hydroxylamine groups is 2. The summed E-state index contributed by atoms with van der Waals surface area (Å²) in [7, 11) is 0. The molecule has 0 aliphatic carbocycles. The van der Waals surface area contributed by atoms with Crippen molar-refractivity contribution >= 4 is 5.91 Å². The van der Waals surface area contributed by atoms with Crippen molar-refractivity contribution < 1.29 is 10.0 Å². The SMILES string of the molecule is CCN(CC)C(=O)c1nc2c(n1CC)CN(O)C2. The molecule has 0 saturated heterocycles. The van der Waals surface area contributed by atoms with E-state index in [1.54, 1.807) is 4.90 Å². The Morgan fingerprint density at radius 1 is 1.33 bits per heavy atom. The third-order valence-electron chi connectivity index (χ3n) is 3.38. The van der Waals surface area contributed by atoms with Crippen molar-refractivity contribution in [1.82, 2.24) is 19.5 Å². The van der Waals surface area contributed by atoms with Gasteiger partial charge in [-0.15, -0.1) is 0 Å². The maximum absolute atomic E-state index is 12.3. The predicted octanol–water partition coefficient (Wildman–Crippen LogP) is 1.09. The van der Waals surface area contributed by atoms with Crippen LogP contribution in [0.5, 0.6) is 0 Å². The van der Waals surface area contributed by atoms with Gasteiger partial charge in [-0.2, -0.15) is 5.06 Å². The highest BCUT2D eigenvalue weighted by Crippen LogP contribution is 2.23. The van der Waals surface area contributed by atoms with Crippen LogP contribution in [-0.2, 0) is 19.6 Å². The lowest BCUT2D eigenvalue weighted by atomic mass is 10.4. The highest BCUT2D eigenvalue weighted by Gasteiger charge is 2.29. The molecule has 0 unspecified atom stereocenters. The van der Waals surface area contributed by atoms with Crippen molar-refractivity contribution in [2.45, 2.75) is 40.4 Å². The standard InChI is InChI=1S/C12H20N4O2/c1-4-14(5-2)12(17)11-13-9-7-15(18)8-10(9)16(11)6-3/h18H,4-8H2,1-3H3. The second-order valence-corrected chi connectivity index (χ2v) is 4.37. The molecule has 1 aromatic rings. The van der Waals surface area contributed by atoms with Gasteiger partial charge in [-0.05, 0) is 20.8 Å². The summed E-state index contributed by atoms with van der Waals surface area (Å²) in [5, 5.41) is 10.7. The maximum atomic E-state index is 12.3. The summed E-state index contributed by atoms with van der Waals surface area (Å²) >= 11 is 0. The molecule has 1 aromatic heterocycles. The lowest BCUT2D eigenvalue weighted by Gasteiger charge is -2.19. The number of hydrogen-bond acceptors (Lipinski definition) is 4. The molecule has 100 valence electrons. The summed E-state index contributed by atoms with van der Waals surface area (Å²) in [5.74, 6) is 0.472. The van der Waals surface area contributed by atoms with Crippen LogP contribution in [-0.4, -0.2) is 43.7 Å². The Balaban J connectivity index is 2.35. The third-order valence-corrected chi connectivity index (χ3v) is 3.38. The van der Waals surface area contributed by atoms with E-state index in [1.807, 2.05) is 25.3 Å². The summed E-state index contributed by atoms with van der Waals surface area (Å²) in [4.78, 5) is 18.5. The highest BCUT2D eigenvalue weighted by atomic mass is 16.5. The fourth-order valence-corrected chi connectivity index (χ4v) is 2.40. The molecule has 1 N–H and O–H groups in total. The molecule has 6 heteroatoms. The first-order valence-electron chi connectivity index (χ1n) is 6.43. The van der Waals surface area contributed by atoms with Crippen molar-refractivity contribution in [3.05, 3.63) is 17.2 Å². The van der Waals surface area contributed by atoms with E-state index in [4.69, 9.17) is 0 Å².